The lowest BCUT2D eigenvalue weighted by molar-refractivity contribution is 0.00912. The number of hydrogen-bond acceptors (Lipinski definition) is 4. The summed E-state index contributed by atoms with van der Waals surface area (Å²) in [6.07, 6.45) is 3.09. The number of hydrogen-bond donors (Lipinski definition) is 2. The fourth-order valence-corrected chi connectivity index (χ4v) is 1.70. The van der Waals surface area contributed by atoms with Crippen molar-refractivity contribution in [3.63, 3.8) is 0 Å². The van der Waals surface area contributed by atoms with Gasteiger partial charge in [0, 0.05) is 0 Å². The third-order valence-electron chi connectivity index (χ3n) is 2.90. The molecule has 0 aromatic heterocycles. The minimum Gasteiger partial charge on any atom is -0.459 e. The van der Waals surface area contributed by atoms with Gasteiger partial charge in [0.2, 0.25) is 0 Å². The van der Waals surface area contributed by atoms with Crippen LogP contribution in [-0.2, 0) is 4.74 Å². The van der Waals surface area contributed by atoms with Crippen molar-refractivity contribution in [1.29, 1.82) is 0 Å². The van der Waals surface area contributed by atoms with Gasteiger partial charge in [-0.05, 0) is 43.9 Å². The van der Waals surface area contributed by atoms with Crippen molar-refractivity contribution in [2.75, 3.05) is 11.5 Å². The molecule has 16 heavy (non-hydrogen) atoms. The Bertz CT molecular complexity index is 425. The summed E-state index contributed by atoms with van der Waals surface area (Å²) in [6, 6.07) is 3.46. The molecular weight excluding hydrogens is 204 g/mol. The number of nitrogens with two attached hydrogens (primary N) is 2. The second-order valence-electron chi connectivity index (χ2n) is 4.27. The quantitative estimate of drug-likeness (QED) is 0.589. The van der Waals surface area contributed by atoms with Crippen LogP contribution in [0.2, 0.25) is 0 Å². The summed E-state index contributed by atoms with van der Waals surface area (Å²) in [5.74, 6) is -0.363. The molecule has 4 nitrogen and oxygen atoms in total. The van der Waals surface area contributed by atoms with Gasteiger partial charge in [-0.3, -0.25) is 0 Å². The number of aryl methyl sites for hydroxylation is 1. The number of carbonyl (C=O) groups excluding carboxylic acids is 1. The summed E-state index contributed by atoms with van der Waals surface area (Å²) in [5.41, 5.74) is 13.5. The Kier molecular flexibility index (Phi) is 2.73. The molecule has 1 aromatic rings. The molecule has 0 saturated heterocycles. The van der Waals surface area contributed by atoms with Crippen molar-refractivity contribution in [3.05, 3.63) is 23.3 Å². The summed E-state index contributed by atoms with van der Waals surface area (Å²) >= 11 is 0. The topological polar surface area (TPSA) is 78.3 Å². The van der Waals surface area contributed by atoms with Crippen LogP contribution in [-0.4, -0.2) is 12.1 Å². The van der Waals surface area contributed by atoms with Crippen LogP contribution in [0.5, 0.6) is 0 Å². The van der Waals surface area contributed by atoms with Crippen LogP contribution < -0.4 is 11.5 Å². The average molecular weight is 220 g/mol. The van der Waals surface area contributed by atoms with Gasteiger partial charge in [0.05, 0.1) is 16.9 Å². The molecule has 1 saturated carbocycles. The minimum atomic E-state index is -0.363. The molecule has 1 fully saturated rings. The number of anilines is 2. The van der Waals surface area contributed by atoms with Gasteiger partial charge in [0.1, 0.15) is 6.10 Å². The maximum atomic E-state index is 11.8. The Morgan fingerprint density at radius 1 is 1.38 bits per heavy atom. The molecule has 1 aliphatic carbocycles. The molecule has 0 amide bonds. The number of ether oxygens (including phenoxy) is 1. The summed E-state index contributed by atoms with van der Waals surface area (Å²) in [4.78, 5) is 11.8. The third kappa shape index (κ3) is 1.96. The Morgan fingerprint density at radius 2 is 2.06 bits per heavy atom. The van der Waals surface area contributed by atoms with Gasteiger partial charge < -0.3 is 16.2 Å². The van der Waals surface area contributed by atoms with Gasteiger partial charge >= 0.3 is 5.97 Å². The zero-order chi connectivity index (χ0) is 11.7. The monoisotopic (exact) mass is 220 g/mol. The number of carbonyl (C=O) groups is 1. The van der Waals surface area contributed by atoms with E-state index in [1.165, 1.54) is 0 Å². The van der Waals surface area contributed by atoms with E-state index in [2.05, 4.69) is 0 Å². The first kappa shape index (κ1) is 10.8. The van der Waals surface area contributed by atoms with Crippen LogP contribution in [0, 0.1) is 6.92 Å². The van der Waals surface area contributed by atoms with Gasteiger partial charge in [0.25, 0.3) is 0 Å². The van der Waals surface area contributed by atoms with E-state index in [9.17, 15) is 4.79 Å². The molecule has 0 spiro atoms. The second-order valence-corrected chi connectivity index (χ2v) is 4.27. The van der Waals surface area contributed by atoms with Gasteiger partial charge in [-0.1, -0.05) is 0 Å². The highest BCUT2D eigenvalue weighted by molar-refractivity contribution is 5.98. The van der Waals surface area contributed by atoms with E-state index in [-0.39, 0.29) is 12.1 Å². The van der Waals surface area contributed by atoms with Crippen LogP contribution in [0.15, 0.2) is 12.1 Å². The van der Waals surface area contributed by atoms with Gasteiger partial charge in [-0.15, -0.1) is 0 Å². The smallest absolute Gasteiger partial charge is 0.340 e. The van der Waals surface area contributed by atoms with Crippen molar-refractivity contribution in [1.82, 2.24) is 0 Å². The first-order valence-electron chi connectivity index (χ1n) is 5.44. The molecule has 0 atom stereocenters. The summed E-state index contributed by atoms with van der Waals surface area (Å²) < 4.78 is 5.29. The highest BCUT2D eigenvalue weighted by atomic mass is 16.5. The SMILES string of the molecule is Cc1cc(N)c(N)c(C(=O)OC2CCC2)c1. The van der Waals surface area contributed by atoms with E-state index in [1.54, 1.807) is 12.1 Å². The van der Waals surface area contributed by atoms with Crippen molar-refractivity contribution < 1.29 is 9.53 Å². The summed E-state index contributed by atoms with van der Waals surface area (Å²) in [6.45, 7) is 1.87. The normalized spacial score (nSPS) is 15.6. The molecule has 0 heterocycles. The minimum absolute atomic E-state index is 0.0636. The molecular formula is C12H16N2O2. The van der Waals surface area contributed by atoms with Crippen LogP contribution in [0.1, 0.15) is 35.2 Å². The Labute approximate surface area is 94.6 Å². The van der Waals surface area contributed by atoms with Crippen molar-refractivity contribution >= 4 is 17.3 Å². The summed E-state index contributed by atoms with van der Waals surface area (Å²) in [7, 11) is 0. The van der Waals surface area contributed by atoms with E-state index < -0.39 is 0 Å². The van der Waals surface area contributed by atoms with Crippen molar-refractivity contribution in [2.45, 2.75) is 32.3 Å². The van der Waals surface area contributed by atoms with E-state index in [4.69, 9.17) is 16.2 Å². The second kappa shape index (κ2) is 4.04. The fraction of sp³-hybridized carbons (Fsp3) is 0.417. The maximum absolute atomic E-state index is 11.8. The van der Waals surface area contributed by atoms with Crippen LogP contribution >= 0.6 is 0 Å². The molecule has 0 radical (unpaired) electrons. The predicted molar refractivity (Wildman–Crippen MR) is 63.1 cm³/mol. The third-order valence-corrected chi connectivity index (χ3v) is 2.90. The molecule has 0 unspecified atom stereocenters. The van der Waals surface area contributed by atoms with Crippen LogP contribution in [0.4, 0.5) is 11.4 Å². The maximum Gasteiger partial charge on any atom is 0.340 e. The van der Waals surface area contributed by atoms with Crippen molar-refractivity contribution in [2.24, 2.45) is 0 Å². The van der Waals surface area contributed by atoms with Crippen molar-refractivity contribution in [3.8, 4) is 0 Å². The zero-order valence-corrected chi connectivity index (χ0v) is 9.32. The molecule has 86 valence electrons. The van der Waals surface area contributed by atoms with E-state index in [0.717, 1.165) is 24.8 Å². The molecule has 2 rings (SSSR count). The number of nitrogen functional groups attached to an aromatic ring is 2. The first-order valence-corrected chi connectivity index (χ1v) is 5.44. The summed E-state index contributed by atoms with van der Waals surface area (Å²) in [5, 5.41) is 0. The molecule has 0 bridgehead atoms. The lowest BCUT2D eigenvalue weighted by Gasteiger charge is -2.25. The van der Waals surface area contributed by atoms with Crippen LogP contribution in [0.25, 0.3) is 0 Å². The fourth-order valence-electron chi connectivity index (χ4n) is 1.70. The highest BCUT2D eigenvalue weighted by Crippen LogP contribution is 2.27. The lowest BCUT2D eigenvalue weighted by atomic mass is 9.96. The molecule has 1 aromatic carbocycles. The lowest BCUT2D eigenvalue weighted by Crippen LogP contribution is -2.25. The molecule has 4 N–H and O–H groups in total. The van der Waals surface area contributed by atoms with E-state index in [1.807, 2.05) is 6.92 Å². The van der Waals surface area contributed by atoms with E-state index in [0.29, 0.717) is 16.9 Å². The molecule has 0 aliphatic heterocycles. The van der Waals surface area contributed by atoms with E-state index >= 15 is 0 Å². The number of esters is 1. The Hall–Kier alpha value is -1.71. The van der Waals surface area contributed by atoms with Crippen LogP contribution in [0.3, 0.4) is 0 Å². The zero-order valence-electron chi connectivity index (χ0n) is 9.32. The number of benzene rings is 1. The average Bonchev–Trinajstić information content (AvgIpc) is 2.17. The Balaban J connectivity index is 2.21. The highest BCUT2D eigenvalue weighted by Gasteiger charge is 2.23. The van der Waals surface area contributed by atoms with Gasteiger partial charge in [-0.25, -0.2) is 4.79 Å². The van der Waals surface area contributed by atoms with Gasteiger partial charge in [-0.2, -0.15) is 0 Å². The first-order chi connectivity index (χ1) is 7.58. The van der Waals surface area contributed by atoms with Gasteiger partial charge in [0.15, 0.2) is 0 Å². The molecule has 4 heteroatoms. The number of rotatable bonds is 2. The Morgan fingerprint density at radius 3 is 2.62 bits per heavy atom. The molecule has 1 aliphatic rings. The predicted octanol–water partition coefficient (Wildman–Crippen LogP) is 1.87. The largest absolute Gasteiger partial charge is 0.459 e. The standard InChI is InChI=1S/C12H16N2O2/c1-7-5-9(11(14)10(13)6-7)12(15)16-8-3-2-4-8/h5-6,8H,2-4,13-14H2,1H3.